The molecule has 0 aromatic heterocycles. The van der Waals surface area contributed by atoms with Gasteiger partial charge in [-0.25, -0.2) is 0 Å². The number of hydrogen-bond donors (Lipinski definition) is 3. The first-order valence-corrected chi connectivity index (χ1v) is 9.41. The van der Waals surface area contributed by atoms with Crippen LogP contribution in [-0.2, 0) is 11.8 Å². The summed E-state index contributed by atoms with van der Waals surface area (Å²) in [5.74, 6) is 1.06. The predicted octanol–water partition coefficient (Wildman–Crippen LogP) is 4.59. The molecule has 0 saturated heterocycles. The first-order valence-electron chi connectivity index (χ1n) is 9.41. The molecule has 0 amide bonds. The van der Waals surface area contributed by atoms with Gasteiger partial charge in [-0.05, 0) is 61.0 Å². The molecule has 0 bridgehead atoms. The minimum absolute atomic E-state index is 0.125. The molecular weight excluding hydrogens is 314 g/mol. The topological polar surface area (TPSA) is 73.1 Å². The molecule has 2 saturated carbocycles. The van der Waals surface area contributed by atoms with E-state index in [0.29, 0.717) is 5.92 Å². The number of hydrogen-bond acceptors (Lipinski definition) is 4. The number of oxime groups is 1. The Morgan fingerprint density at radius 3 is 2.44 bits per heavy atom. The molecule has 0 heterocycles. The molecule has 2 fully saturated rings. The molecule has 136 valence electrons. The van der Waals surface area contributed by atoms with E-state index in [2.05, 4.69) is 32.9 Å². The summed E-state index contributed by atoms with van der Waals surface area (Å²) < 4.78 is 0. The second kappa shape index (κ2) is 4.93. The van der Waals surface area contributed by atoms with Crippen LogP contribution in [0.4, 0.5) is 0 Å². The number of nitrogens with zero attached hydrogens (tertiary/aromatic N) is 1. The van der Waals surface area contributed by atoms with Gasteiger partial charge in [0.1, 0.15) is 11.5 Å². The van der Waals surface area contributed by atoms with Crippen molar-refractivity contribution in [1.82, 2.24) is 0 Å². The van der Waals surface area contributed by atoms with Crippen LogP contribution in [-0.4, -0.2) is 21.1 Å². The van der Waals surface area contributed by atoms with Crippen molar-refractivity contribution >= 4 is 5.71 Å². The molecule has 25 heavy (non-hydrogen) atoms. The summed E-state index contributed by atoms with van der Waals surface area (Å²) in [6.07, 6.45) is 4.78. The van der Waals surface area contributed by atoms with Crippen LogP contribution >= 0.6 is 0 Å². The number of phenolic OH excluding ortho intramolecular Hbond substituents is 2. The van der Waals surface area contributed by atoms with Crippen molar-refractivity contribution in [2.24, 2.45) is 27.8 Å². The Labute approximate surface area is 149 Å². The molecule has 1 aromatic carbocycles. The molecule has 0 aliphatic heterocycles. The summed E-state index contributed by atoms with van der Waals surface area (Å²) in [5, 5.41) is 34.1. The number of fused-ring (bicyclic) bond motifs is 5. The molecule has 3 N–H and O–H groups in total. The highest BCUT2D eigenvalue weighted by molar-refractivity contribution is 5.91. The van der Waals surface area contributed by atoms with Crippen molar-refractivity contribution in [3.05, 3.63) is 23.3 Å². The van der Waals surface area contributed by atoms with Crippen LogP contribution in [0.3, 0.4) is 0 Å². The zero-order chi connectivity index (χ0) is 18.2. The first-order chi connectivity index (χ1) is 11.6. The van der Waals surface area contributed by atoms with Gasteiger partial charge >= 0.3 is 0 Å². The van der Waals surface area contributed by atoms with Crippen LogP contribution in [0, 0.1) is 22.7 Å². The van der Waals surface area contributed by atoms with Crippen LogP contribution in [0.5, 0.6) is 11.5 Å². The molecule has 3 aliphatic carbocycles. The fourth-order valence-corrected chi connectivity index (χ4v) is 6.92. The quantitative estimate of drug-likeness (QED) is 0.476. The van der Waals surface area contributed by atoms with E-state index in [9.17, 15) is 15.4 Å². The summed E-state index contributed by atoms with van der Waals surface area (Å²) in [6.45, 7) is 9.22. The molecule has 1 aromatic rings. The van der Waals surface area contributed by atoms with E-state index in [0.717, 1.165) is 48.9 Å². The zero-order valence-corrected chi connectivity index (χ0v) is 15.6. The van der Waals surface area contributed by atoms with E-state index < -0.39 is 0 Å². The molecule has 0 unspecified atom stereocenters. The monoisotopic (exact) mass is 343 g/mol. The number of rotatable bonds is 0. The number of aromatic hydroxyl groups is 2. The fourth-order valence-electron chi connectivity index (χ4n) is 6.92. The lowest BCUT2D eigenvalue weighted by molar-refractivity contribution is -0.0369. The summed E-state index contributed by atoms with van der Waals surface area (Å²) in [4.78, 5) is 0. The first kappa shape index (κ1) is 16.7. The third-order valence-electron chi connectivity index (χ3n) is 8.04. The normalized spacial score (nSPS) is 40.4. The molecule has 4 rings (SSSR count). The molecule has 4 atom stereocenters. The van der Waals surface area contributed by atoms with Gasteiger partial charge in [-0.2, -0.15) is 0 Å². The van der Waals surface area contributed by atoms with Crippen molar-refractivity contribution in [2.45, 2.75) is 65.2 Å². The minimum Gasteiger partial charge on any atom is -0.508 e. The maximum atomic E-state index is 10.6. The largest absolute Gasteiger partial charge is 0.508 e. The maximum Gasteiger partial charge on any atom is 0.123 e. The Bertz CT molecular complexity index is 769. The van der Waals surface area contributed by atoms with Crippen LogP contribution < -0.4 is 0 Å². The summed E-state index contributed by atoms with van der Waals surface area (Å²) >= 11 is 0. The van der Waals surface area contributed by atoms with E-state index >= 15 is 0 Å². The van der Waals surface area contributed by atoms with E-state index in [1.54, 1.807) is 6.07 Å². The Kier molecular flexibility index (Phi) is 3.30. The molecular formula is C21H29NO3. The Morgan fingerprint density at radius 1 is 1.04 bits per heavy atom. The highest BCUT2D eigenvalue weighted by Gasteiger charge is 2.64. The van der Waals surface area contributed by atoms with Gasteiger partial charge in [0.2, 0.25) is 0 Å². The summed E-state index contributed by atoms with van der Waals surface area (Å²) in [5.41, 5.74) is 2.84. The smallest absolute Gasteiger partial charge is 0.123 e. The second-order valence-electron chi connectivity index (χ2n) is 9.58. The van der Waals surface area contributed by atoms with E-state index in [1.165, 1.54) is 6.07 Å². The SMILES string of the molecule is CC1(C)CC/C(=N/O)[C@]2(C)[C@@H]1CC[C@@]1(C)c3c(O)cc(O)cc3C[C@@H]21. The molecule has 0 radical (unpaired) electrons. The van der Waals surface area contributed by atoms with Gasteiger partial charge in [0.15, 0.2) is 0 Å². The Hall–Kier alpha value is -1.71. The maximum absolute atomic E-state index is 10.6. The van der Waals surface area contributed by atoms with Gasteiger partial charge in [0, 0.05) is 22.5 Å². The summed E-state index contributed by atoms with van der Waals surface area (Å²) in [6, 6.07) is 3.27. The third kappa shape index (κ3) is 1.97. The lowest BCUT2D eigenvalue weighted by atomic mass is 9.43. The van der Waals surface area contributed by atoms with Gasteiger partial charge in [-0.3, -0.25) is 0 Å². The Morgan fingerprint density at radius 2 is 1.76 bits per heavy atom. The Balaban J connectivity index is 1.90. The standard InChI is InChI=1S/C21H29NO3/c1-19(2)7-6-17(22-25)21(4)15(19)5-8-20(3)16(21)10-12-9-13(23)11-14(24)18(12)20/h9,11,15-16,23-25H,5-8,10H2,1-4H3/b22-17-/t15-,16-,20-,21-/m1/s1. The van der Waals surface area contributed by atoms with Crippen LogP contribution in [0.25, 0.3) is 0 Å². The fraction of sp³-hybridized carbons (Fsp3) is 0.667. The lowest BCUT2D eigenvalue weighted by Crippen LogP contribution is -2.59. The van der Waals surface area contributed by atoms with Crippen LogP contribution in [0.2, 0.25) is 0 Å². The van der Waals surface area contributed by atoms with Crippen molar-refractivity contribution < 1.29 is 15.4 Å². The molecule has 4 nitrogen and oxygen atoms in total. The average Bonchev–Trinajstić information content (AvgIpc) is 2.80. The summed E-state index contributed by atoms with van der Waals surface area (Å²) in [7, 11) is 0. The molecule has 4 heteroatoms. The highest BCUT2D eigenvalue weighted by Crippen LogP contribution is 2.67. The average molecular weight is 343 g/mol. The van der Waals surface area contributed by atoms with Gasteiger partial charge in [-0.1, -0.05) is 32.9 Å². The predicted molar refractivity (Wildman–Crippen MR) is 97.4 cm³/mol. The highest BCUT2D eigenvalue weighted by atomic mass is 16.4. The third-order valence-corrected chi connectivity index (χ3v) is 8.04. The number of phenols is 2. The second-order valence-corrected chi connectivity index (χ2v) is 9.58. The van der Waals surface area contributed by atoms with Gasteiger partial charge < -0.3 is 15.4 Å². The van der Waals surface area contributed by atoms with Crippen molar-refractivity contribution in [3.8, 4) is 11.5 Å². The van der Waals surface area contributed by atoms with E-state index in [1.807, 2.05) is 0 Å². The van der Waals surface area contributed by atoms with Crippen molar-refractivity contribution in [2.75, 3.05) is 0 Å². The van der Waals surface area contributed by atoms with E-state index in [4.69, 9.17) is 0 Å². The number of benzene rings is 1. The van der Waals surface area contributed by atoms with Gasteiger partial charge in [0.05, 0.1) is 5.71 Å². The van der Waals surface area contributed by atoms with Crippen molar-refractivity contribution in [3.63, 3.8) is 0 Å². The molecule has 3 aliphatic rings. The zero-order valence-electron chi connectivity index (χ0n) is 15.6. The lowest BCUT2D eigenvalue weighted by Gasteiger charge is -2.60. The van der Waals surface area contributed by atoms with Gasteiger partial charge in [0.25, 0.3) is 0 Å². The van der Waals surface area contributed by atoms with Gasteiger partial charge in [-0.15, -0.1) is 0 Å². The van der Waals surface area contributed by atoms with E-state index in [-0.39, 0.29) is 33.7 Å². The van der Waals surface area contributed by atoms with Crippen molar-refractivity contribution in [1.29, 1.82) is 0 Å². The molecule has 0 spiro atoms. The van der Waals surface area contributed by atoms with Crippen LogP contribution in [0.15, 0.2) is 17.3 Å². The minimum atomic E-state index is -0.190. The van der Waals surface area contributed by atoms with Crippen LogP contribution in [0.1, 0.15) is 64.5 Å².